The van der Waals surface area contributed by atoms with Crippen molar-refractivity contribution in [3.63, 3.8) is 0 Å². The van der Waals surface area contributed by atoms with Gasteiger partial charge in [-0.1, -0.05) is 29.3 Å². The largest absolute Gasteiger partial charge is 0.493 e. The van der Waals surface area contributed by atoms with Gasteiger partial charge >= 0.3 is 0 Å². The first-order chi connectivity index (χ1) is 10.1. The van der Waals surface area contributed by atoms with Gasteiger partial charge in [-0.25, -0.2) is 0 Å². The average molecular weight is 319 g/mol. The van der Waals surface area contributed by atoms with Crippen molar-refractivity contribution < 1.29 is 9.53 Å². The smallest absolute Gasteiger partial charge is 0.185 e. The zero-order valence-corrected chi connectivity index (χ0v) is 12.6. The van der Waals surface area contributed by atoms with Crippen molar-refractivity contribution in [2.24, 2.45) is 0 Å². The van der Waals surface area contributed by atoms with Crippen LogP contribution in [0, 0.1) is 0 Å². The Hall–Kier alpha value is -1.77. The van der Waals surface area contributed by atoms with Crippen molar-refractivity contribution in [3.05, 3.63) is 69.2 Å². The molecule has 1 heterocycles. The van der Waals surface area contributed by atoms with E-state index in [2.05, 4.69) is 0 Å². The minimum Gasteiger partial charge on any atom is -0.493 e. The number of carbonyl (C=O) groups excluding carboxylic acids is 1. The van der Waals surface area contributed by atoms with Crippen LogP contribution in [-0.2, 0) is 6.42 Å². The van der Waals surface area contributed by atoms with Crippen molar-refractivity contribution in [1.82, 2.24) is 0 Å². The van der Waals surface area contributed by atoms with Gasteiger partial charge in [0, 0.05) is 22.0 Å². The van der Waals surface area contributed by atoms with Gasteiger partial charge in [0.25, 0.3) is 0 Å². The van der Waals surface area contributed by atoms with E-state index in [1.165, 1.54) is 6.08 Å². The number of benzene rings is 2. The Morgan fingerprint density at radius 2 is 2.00 bits per heavy atom. The minimum absolute atomic E-state index is 0.0595. The van der Waals surface area contributed by atoms with Crippen LogP contribution in [0.5, 0.6) is 5.75 Å². The average Bonchev–Trinajstić information content (AvgIpc) is 2.93. The lowest BCUT2D eigenvalue weighted by Crippen LogP contribution is -1.95. The fourth-order valence-electron chi connectivity index (χ4n) is 2.24. The van der Waals surface area contributed by atoms with Crippen molar-refractivity contribution >= 4 is 35.1 Å². The Morgan fingerprint density at radius 1 is 1.14 bits per heavy atom. The fourth-order valence-corrected chi connectivity index (χ4v) is 2.71. The Balaban J connectivity index is 1.81. The van der Waals surface area contributed by atoms with E-state index < -0.39 is 0 Å². The molecular weight excluding hydrogens is 307 g/mol. The van der Waals surface area contributed by atoms with E-state index in [-0.39, 0.29) is 5.78 Å². The summed E-state index contributed by atoms with van der Waals surface area (Å²) in [5, 5.41) is 1.09. The molecule has 0 unspecified atom stereocenters. The lowest BCUT2D eigenvalue weighted by Gasteiger charge is -2.01. The highest BCUT2D eigenvalue weighted by Gasteiger charge is 2.13. The van der Waals surface area contributed by atoms with Gasteiger partial charge in [-0.2, -0.15) is 0 Å². The molecule has 0 bridgehead atoms. The van der Waals surface area contributed by atoms with Gasteiger partial charge in [0.05, 0.1) is 6.61 Å². The van der Waals surface area contributed by atoms with Crippen molar-refractivity contribution in [1.29, 1.82) is 0 Å². The third-order valence-electron chi connectivity index (χ3n) is 3.35. The normalized spacial score (nSPS) is 13.2. The number of ether oxygens (including phenoxy) is 1. The zero-order chi connectivity index (χ0) is 14.8. The Morgan fingerprint density at radius 3 is 2.81 bits per heavy atom. The van der Waals surface area contributed by atoms with E-state index in [9.17, 15) is 4.79 Å². The zero-order valence-electron chi connectivity index (χ0n) is 11.1. The van der Waals surface area contributed by atoms with Gasteiger partial charge < -0.3 is 4.74 Å². The summed E-state index contributed by atoms with van der Waals surface area (Å²) in [5.41, 5.74) is 2.50. The molecule has 0 atom stereocenters. The maximum atomic E-state index is 12.2. The summed E-state index contributed by atoms with van der Waals surface area (Å²) in [6.45, 7) is 0.684. The molecule has 0 saturated heterocycles. The van der Waals surface area contributed by atoms with Gasteiger partial charge in [0.1, 0.15) is 5.75 Å². The molecule has 2 aromatic carbocycles. The van der Waals surface area contributed by atoms with Crippen LogP contribution < -0.4 is 4.74 Å². The van der Waals surface area contributed by atoms with Crippen LogP contribution >= 0.6 is 23.2 Å². The molecular formula is C17H12Cl2O2. The molecule has 3 rings (SSSR count). The third-order valence-corrected chi connectivity index (χ3v) is 3.91. The van der Waals surface area contributed by atoms with Crippen LogP contribution in [0.25, 0.3) is 6.08 Å². The highest BCUT2D eigenvalue weighted by atomic mass is 35.5. The summed E-state index contributed by atoms with van der Waals surface area (Å²) < 4.78 is 5.43. The molecule has 1 aliphatic heterocycles. The molecule has 106 valence electrons. The van der Waals surface area contributed by atoms with Gasteiger partial charge in [-0.15, -0.1) is 0 Å². The van der Waals surface area contributed by atoms with Crippen LogP contribution in [-0.4, -0.2) is 12.4 Å². The summed E-state index contributed by atoms with van der Waals surface area (Å²) in [4.78, 5) is 12.2. The van der Waals surface area contributed by atoms with Crippen LogP contribution in [0.15, 0.2) is 42.5 Å². The molecule has 21 heavy (non-hydrogen) atoms. The Bertz CT molecular complexity index is 736. The molecule has 0 saturated carbocycles. The number of fused-ring (bicyclic) bond motifs is 1. The van der Waals surface area contributed by atoms with Gasteiger partial charge in [0.15, 0.2) is 5.78 Å². The van der Waals surface area contributed by atoms with E-state index in [1.54, 1.807) is 30.3 Å². The SMILES string of the molecule is O=C(C=Cc1ccc(Cl)cc1Cl)c1ccc2c(c1)CCO2. The van der Waals surface area contributed by atoms with Crippen molar-refractivity contribution in [2.45, 2.75) is 6.42 Å². The predicted octanol–water partition coefficient (Wildman–Crippen LogP) is 4.82. The molecule has 2 aromatic rings. The number of rotatable bonds is 3. The third kappa shape index (κ3) is 3.12. The molecule has 2 nitrogen and oxygen atoms in total. The molecule has 1 aliphatic rings. The molecule has 0 radical (unpaired) electrons. The van der Waals surface area contributed by atoms with Crippen LogP contribution in [0.4, 0.5) is 0 Å². The number of carbonyl (C=O) groups is 1. The van der Waals surface area contributed by atoms with E-state index in [4.69, 9.17) is 27.9 Å². The topological polar surface area (TPSA) is 26.3 Å². The summed E-state index contributed by atoms with van der Waals surface area (Å²) >= 11 is 11.9. The molecule has 0 spiro atoms. The number of hydrogen-bond donors (Lipinski definition) is 0. The highest BCUT2D eigenvalue weighted by molar-refractivity contribution is 6.35. The first kappa shape index (κ1) is 14.2. The maximum absolute atomic E-state index is 12.2. The number of allylic oxidation sites excluding steroid dienone is 1. The van der Waals surface area contributed by atoms with Crippen LogP contribution in [0.2, 0.25) is 10.0 Å². The molecule has 0 amide bonds. The lowest BCUT2D eigenvalue weighted by molar-refractivity contribution is 0.104. The van der Waals surface area contributed by atoms with E-state index in [0.29, 0.717) is 22.2 Å². The van der Waals surface area contributed by atoms with Crippen molar-refractivity contribution in [2.75, 3.05) is 6.61 Å². The first-order valence-corrected chi connectivity index (χ1v) is 7.32. The van der Waals surface area contributed by atoms with E-state index in [0.717, 1.165) is 23.3 Å². The second-order valence-corrected chi connectivity index (χ2v) is 5.63. The van der Waals surface area contributed by atoms with Crippen molar-refractivity contribution in [3.8, 4) is 5.75 Å². The van der Waals surface area contributed by atoms with Gasteiger partial charge in [0.2, 0.25) is 0 Å². The summed E-state index contributed by atoms with van der Waals surface area (Å²) in [6.07, 6.45) is 4.07. The maximum Gasteiger partial charge on any atom is 0.185 e. The van der Waals surface area contributed by atoms with E-state index in [1.807, 2.05) is 12.1 Å². The lowest BCUT2D eigenvalue weighted by atomic mass is 10.0. The van der Waals surface area contributed by atoms with Gasteiger partial charge in [-0.3, -0.25) is 4.79 Å². The van der Waals surface area contributed by atoms with Gasteiger partial charge in [-0.05, 0) is 53.6 Å². The molecule has 0 aliphatic carbocycles. The second kappa shape index (κ2) is 5.92. The molecule has 0 fully saturated rings. The Kier molecular flexibility index (Phi) is 4.00. The molecule has 0 N–H and O–H groups in total. The predicted molar refractivity (Wildman–Crippen MR) is 85.5 cm³/mol. The quantitative estimate of drug-likeness (QED) is 0.598. The molecule has 4 heteroatoms. The monoisotopic (exact) mass is 318 g/mol. The standard InChI is InChI=1S/C17H12Cl2O2/c18-14-4-1-11(15(19)10-14)2-5-16(20)12-3-6-17-13(9-12)7-8-21-17/h1-6,9-10H,7-8H2. The number of ketones is 1. The number of halogens is 2. The van der Waals surface area contributed by atoms with Crippen LogP contribution in [0.1, 0.15) is 21.5 Å². The first-order valence-electron chi connectivity index (χ1n) is 6.57. The summed E-state index contributed by atoms with van der Waals surface area (Å²) in [7, 11) is 0. The van der Waals surface area contributed by atoms with Crippen LogP contribution in [0.3, 0.4) is 0 Å². The molecule has 0 aromatic heterocycles. The van der Waals surface area contributed by atoms with E-state index >= 15 is 0 Å². The Labute approximate surface area is 132 Å². The summed E-state index contributed by atoms with van der Waals surface area (Å²) in [6, 6.07) is 10.7. The minimum atomic E-state index is -0.0595. The second-order valence-electron chi connectivity index (χ2n) is 4.78. The fraction of sp³-hybridized carbons (Fsp3) is 0.118. The highest BCUT2D eigenvalue weighted by Crippen LogP contribution is 2.26. The number of hydrogen-bond acceptors (Lipinski definition) is 2. The summed E-state index contributed by atoms with van der Waals surface area (Å²) in [5.74, 6) is 0.812.